The van der Waals surface area contributed by atoms with Crippen LogP contribution in [-0.4, -0.2) is 26.5 Å². The molecule has 0 aromatic carbocycles. The number of aromatic nitrogens is 3. The summed E-state index contributed by atoms with van der Waals surface area (Å²) in [5.74, 6) is -0.526. The molecule has 0 spiro atoms. The van der Waals surface area contributed by atoms with Crippen molar-refractivity contribution in [3.63, 3.8) is 0 Å². The average Bonchev–Trinajstić information content (AvgIpc) is 2.75. The van der Waals surface area contributed by atoms with E-state index in [-0.39, 0.29) is 0 Å². The Balaban J connectivity index is 2.07. The number of pyridine rings is 1. The van der Waals surface area contributed by atoms with Crippen molar-refractivity contribution in [1.29, 1.82) is 0 Å². The minimum atomic E-state index is -0.576. The van der Waals surface area contributed by atoms with Gasteiger partial charge in [0.2, 0.25) is 5.95 Å². The Morgan fingerprint density at radius 1 is 1.40 bits per heavy atom. The van der Waals surface area contributed by atoms with Crippen LogP contribution in [0.3, 0.4) is 0 Å². The van der Waals surface area contributed by atoms with Crippen LogP contribution in [0.1, 0.15) is 32.0 Å². The number of ether oxygens (including phenoxy) is 1. The predicted octanol–water partition coefficient (Wildman–Crippen LogP) is 2.79. The van der Waals surface area contributed by atoms with E-state index in [0.717, 1.165) is 10.2 Å². The fourth-order valence-corrected chi connectivity index (χ4v) is 1.62. The number of nitrogens with zero attached hydrogens (tertiary/aromatic N) is 3. The van der Waals surface area contributed by atoms with Gasteiger partial charge in [-0.1, -0.05) is 6.07 Å². The summed E-state index contributed by atoms with van der Waals surface area (Å²) in [6, 6.07) is 4.59. The summed E-state index contributed by atoms with van der Waals surface area (Å²) >= 11 is 0. The van der Waals surface area contributed by atoms with Crippen molar-refractivity contribution in [1.82, 2.24) is 14.8 Å². The Labute approximate surface area is 116 Å². The maximum Gasteiger partial charge on any atom is 0.435 e. The van der Waals surface area contributed by atoms with Gasteiger partial charge in [-0.2, -0.15) is 14.2 Å². The van der Waals surface area contributed by atoms with E-state index in [2.05, 4.69) is 10.1 Å². The normalized spacial score (nSPS) is 11.4. The van der Waals surface area contributed by atoms with Gasteiger partial charge < -0.3 is 4.74 Å². The van der Waals surface area contributed by atoms with E-state index in [9.17, 15) is 9.18 Å². The van der Waals surface area contributed by atoms with Gasteiger partial charge in [-0.25, -0.2) is 9.78 Å². The van der Waals surface area contributed by atoms with Crippen LogP contribution in [0.2, 0.25) is 0 Å². The highest BCUT2D eigenvalue weighted by Crippen LogP contribution is 2.11. The van der Waals surface area contributed by atoms with Gasteiger partial charge in [-0.05, 0) is 38.5 Å². The summed E-state index contributed by atoms with van der Waals surface area (Å²) in [5, 5.41) is 3.94. The zero-order valence-electron chi connectivity index (χ0n) is 11.6. The van der Waals surface area contributed by atoms with E-state index in [4.69, 9.17) is 4.74 Å². The average molecular weight is 277 g/mol. The Bertz CT molecular complexity index is 617. The monoisotopic (exact) mass is 277 g/mol. The second-order valence-electron chi connectivity index (χ2n) is 5.40. The molecule has 0 saturated heterocycles. The molecule has 2 heterocycles. The molecule has 0 unspecified atom stereocenters. The second kappa shape index (κ2) is 5.40. The number of rotatable bonds is 2. The molecule has 106 valence electrons. The molecule has 0 aliphatic heterocycles. The molecule has 0 atom stereocenters. The van der Waals surface area contributed by atoms with E-state index in [1.54, 1.807) is 39.1 Å². The summed E-state index contributed by atoms with van der Waals surface area (Å²) in [6.07, 6.45) is 2.95. The van der Waals surface area contributed by atoms with Gasteiger partial charge in [-0.3, -0.25) is 0 Å². The van der Waals surface area contributed by atoms with Crippen LogP contribution in [0.4, 0.5) is 9.18 Å². The number of carbonyl (C=O) groups excluding carboxylic acids is 1. The highest BCUT2D eigenvalue weighted by atomic mass is 19.1. The molecule has 2 aromatic heterocycles. The van der Waals surface area contributed by atoms with E-state index in [1.807, 2.05) is 0 Å². The smallest absolute Gasteiger partial charge is 0.435 e. The lowest BCUT2D eigenvalue weighted by Crippen LogP contribution is -2.27. The molecular weight excluding hydrogens is 261 g/mol. The molecule has 0 fully saturated rings. The number of hydrogen-bond donors (Lipinski definition) is 0. The van der Waals surface area contributed by atoms with Crippen molar-refractivity contribution < 1.29 is 13.9 Å². The van der Waals surface area contributed by atoms with E-state index >= 15 is 0 Å². The minimum absolute atomic E-state index is 0.403. The van der Waals surface area contributed by atoms with Crippen LogP contribution < -0.4 is 0 Å². The van der Waals surface area contributed by atoms with Crippen molar-refractivity contribution in [2.75, 3.05) is 0 Å². The van der Waals surface area contributed by atoms with Crippen molar-refractivity contribution in [2.24, 2.45) is 0 Å². The molecule has 2 aromatic rings. The molecule has 0 amide bonds. The summed E-state index contributed by atoms with van der Waals surface area (Å²) in [7, 11) is 0. The first kappa shape index (κ1) is 14.2. The topological polar surface area (TPSA) is 57.0 Å². The first-order valence-corrected chi connectivity index (χ1v) is 6.22. The maximum atomic E-state index is 13.0. The molecule has 0 N–H and O–H groups in total. The van der Waals surface area contributed by atoms with Crippen LogP contribution in [0.25, 0.3) is 0 Å². The van der Waals surface area contributed by atoms with Crippen LogP contribution in [-0.2, 0) is 11.2 Å². The van der Waals surface area contributed by atoms with Crippen molar-refractivity contribution >= 4 is 6.09 Å². The first-order valence-electron chi connectivity index (χ1n) is 6.22. The first-order chi connectivity index (χ1) is 9.33. The third-order valence-corrected chi connectivity index (χ3v) is 2.37. The molecular formula is C14H16FN3O2. The van der Waals surface area contributed by atoms with Gasteiger partial charge in [0.05, 0.1) is 6.20 Å². The third kappa shape index (κ3) is 3.88. The standard InChI is InChI=1S/C14H16FN3O2/c1-14(2,3)20-13(19)18-9-10(8-16-18)7-11-5-4-6-12(15)17-11/h4-6,8-9H,7H2,1-3H3. The highest BCUT2D eigenvalue weighted by Gasteiger charge is 2.18. The highest BCUT2D eigenvalue weighted by molar-refractivity contribution is 5.69. The molecule has 0 aliphatic rings. The lowest BCUT2D eigenvalue weighted by atomic mass is 10.2. The van der Waals surface area contributed by atoms with Gasteiger partial charge in [0.25, 0.3) is 0 Å². The predicted molar refractivity (Wildman–Crippen MR) is 70.9 cm³/mol. The van der Waals surface area contributed by atoms with Crippen molar-refractivity contribution in [3.8, 4) is 0 Å². The third-order valence-electron chi connectivity index (χ3n) is 2.37. The minimum Gasteiger partial charge on any atom is -0.442 e. The van der Waals surface area contributed by atoms with Gasteiger partial charge in [0.1, 0.15) is 5.60 Å². The zero-order chi connectivity index (χ0) is 14.8. The molecule has 2 rings (SSSR count). The number of carbonyl (C=O) groups is 1. The van der Waals surface area contributed by atoms with Crippen LogP contribution in [0.15, 0.2) is 30.6 Å². The molecule has 0 saturated carbocycles. The van der Waals surface area contributed by atoms with Gasteiger partial charge in [0.15, 0.2) is 0 Å². The Morgan fingerprint density at radius 2 is 2.15 bits per heavy atom. The molecule has 5 nitrogen and oxygen atoms in total. The Kier molecular flexibility index (Phi) is 3.83. The van der Waals surface area contributed by atoms with E-state index < -0.39 is 17.6 Å². The number of hydrogen-bond acceptors (Lipinski definition) is 4. The molecule has 0 aliphatic carbocycles. The summed E-state index contributed by atoms with van der Waals surface area (Å²) in [6.45, 7) is 5.35. The molecule has 20 heavy (non-hydrogen) atoms. The molecule has 0 bridgehead atoms. The van der Waals surface area contributed by atoms with Crippen LogP contribution in [0, 0.1) is 5.95 Å². The number of halogens is 1. The Morgan fingerprint density at radius 3 is 2.80 bits per heavy atom. The quantitative estimate of drug-likeness (QED) is 0.792. The lowest BCUT2D eigenvalue weighted by Gasteiger charge is -2.18. The van der Waals surface area contributed by atoms with Crippen molar-refractivity contribution in [2.45, 2.75) is 32.8 Å². The van der Waals surface area contributed by atoms with Crippen LogP contribution in [0.5, 0.6) is 0 Å². The van der Waals surface area contributed by atoms with E-state index in [0.29, 0.717) is 12.1 Å². The van der Waals surface area contributed by atoms with Gasteiger partial charge in [0, 0.05) is 18.3 Å². The van der Waals surface area contributed by atoms with E-state index in [1.165, 1.54) is 12.3 Å². The second-order valence-corrected chi connectivity index (χ2v) is 5.40. The fourth-order valence-electron chi connectivity index (χ4n) is 1.62. The maximum absolute atomic E-state index is 13.0. The van der Waals surface area contributed by atoms with Gasteiger partial charge >= 0.3 is 6.09 Å². The zero-order valence-corrected chi connectivity index (χ0v) is 11.6. The Hall–Kier alpha value is -2.24. The molecule has 6 heteroatoms. The SMILES string of the molecule is CC(C)(C)OC(=O)n1cc(Cc2cccc(F)n2)cn1. The van der Waals surface area contributed by atoms with Crippen LogP contribution >= 0.6 is 0 Å². The largest absolute Gasteiger partial charge is 0.442 e. The summed E-state index contributed by atoms with van der Waals surface area (Å²) in [4.78, 5) is 15.5. The van der Waals surface area contributed by atoms with Crippen molar-refractivity contribution in [3.05, 3.63) is 47.8 Å². The summed E-state index contributed by atoms with van der Waals surface area (Å²) in [5.41, 5.74) is 0.760. The lowest BCUT2D eigenvalue weighted by molar-refractivity contribution is 0.0514. The molecule has 0 radical (unpaired) electrons. The fraction of sp³-hybridized carbons (Fsp3) is 0.357. The summed E-state index contributed by atoms with van der Waals surface area (Å²) < 4.78 is 19.3. The van der Waals surface area contributed by atoms with Gasteiger partial charge in [-0.15, -0.1) is 0 Å².